The molecule has 5 nitrogen and oxygen atoms in total. The van der Waals surface area contributed by atoms with Gasteiger partial charge in [-0.05, 0) is 30.9 Å². The first-order valence-electron chi connectivity index (χ1n) is 7.29. The van der Waals surface area contributed by atoms with Crippen LogP contribution in [-0.2, 0) is 4.74 Å². The van der Waals surface area contributed by atoms with Crippen molar-refractivity contribution in [2.75, 3.05) is 43.2 Å². The van der Waals surface area contributed by atoms with Crippen LogP contribution in [0.15, 0.2) is 29.4 Å². The molecule has 0 unspecified atom stereocenters. The summed E-state index contributed by atoms with van der Waals surface area (Å²) in [6.45, 7) is 5.28. The third-order valence-electron chi connectivity index (χ3n) is 3.75. The molecule has 6 heteroatoms. The summed E-state index contributed by atoms with van der Waals surface area (Å²) in [6.07, 6.45) is 1.99. The zero-order valence-electron chi connectivity index (χ0n) is 12.9. The standard InChI is InChI=1S/C16H20N4OS/c1-11-3-4-12(17)9-13(11)14-10-15(19-16(18-14)22-2)20-5-7-21-8-6-20/h3-4,9-10H,5-8,17H2,1-2H3. The van der Waals surface area contributed by atoms with Gasteiger partial charge in [-0.15, -0.1) is 0 Å². The van der Waals surface area contributed by atoms with E-state index in [0.29, 0.717) is 0 Å². The average Bonchev–Trinajstić information content (AvgIpc) is 2.57. The Bertz CT molecular complexity index is 671. The quantitative estimate of drug-likeness (QED) is 0.533. The molecule has 1 aliphatic rings. The minimum atomic E-state index is 0.741. The Morgan fingerprint density at radius 3 is 2.68 bits per heavy atom. The lowest BCUT2D eigenvalue weighted by molar-refractivity contribution is 0.122. The lowest BCUT2D eigenvalue weighted by Crippen LogP contribution is -2.36. The summed E-state index contributed by atoms with van der Waals surface area (Å²) in [5, 5.41) is 0.779. The summed E-state index contributed by atoms with van der Waals surface area (Å²) < 4.78 is 5.42. The van der Waals surface area contributed by atoms with Crippen LogP contribution in [0.2, 0.25) is 0 Å². The van der Waals surface area contributed by atoms with E-state index in [9.17, 15) is 0 Å². The molecule has 116 valence electrons. The molecule has 1 aromatic carbocycles. The Balaban J connectivity index is 2.05. The molecule has 0 radical (unpaired) electrons. The highest BCUT2D eigenvalue weighted by atomic mass is 32.2. The highest BCUT2D eigenvalue weighted by molar-refractivity contribution is 7.98. The van der Waals surface area contributed by atoms with E-state index >= 15 is 0 Å². The van der Waals surface area contributed by atoms with Gasteiger partial charge >= 0.3 is 0 Å². The molecule has 0 bridgehead atoms. The van der Waals surface area contributed by atoms with Crippen LogP contribution in [0.5, 0.6) is 0 Å². The van der Waals surface area contributed by atoms with Gasteiger partial charge in [0.15, 0.2) is 5.16 Å². The van der Waals surface area contributed by atoms with Gasteiger partial charge in [0.2, 0.25) is 0 Å². The maximum atomic E-state index is 5.94. The number of aromatic nitrogens is 2. The van der Waals surface area contributed by atoms with Crippen molar-refractivity contribution in [2.45, 2.75) is 12.1 Å². The second-order valence-electron chi connectivity index (χ2n) is 5.27. The van der Waals surface area contributed by atoms with Gasteiger partial charge in [0, 0.05) is 30.4 Å². The van der Waals surface area contributed by atoms with Crippen LogP contribution in [0.4, 0.5) is 11.5 Å². The first-order chi connectivity index (χ1) is 10.7. The summed E-state index contributed by atoms with van der Waals surface area (Å²) in [7, 11) is 0. The van der Waals surface area contributed by atoms with E-state index in [1.807, 2.05) is 30.5 Å². The number of anilines is 2. The Hall–Kier alpha value is -1.79. The van der Waals surface area contributed by atoms with Crippen LogP contribution in [0.25, 0.3) is 11.3 Å². The molecule has 0 saturated carbocycles. The number of aryl methyl sites for hydroxylation is 1. The molecule has 0 amide bonds. The number of rotatable bonds is 3. The van der Waals surface area contributed by atoms with Gasteiger partial charge in [-0.2, -0.15) is 0 Å². The van der Waals surface area contributed by atoms with Crippen LogP contribution in [0.1, 0.15) is 5.56 Å². The van der Waals surface area contributed by atoms with E-state index in [2.05, 4.69) is 21.8 Å². The fourth-order valence-electron chi connectivity index (χ4n) is 2.51. The van der Waals surface area contributed by atoms with Crippen molar-refractivity contribution in [1.82, 2.24) is 9.97 Å². The smallest absolute Gasteiger partial charge is 0.189 e. The zero-order chi connectivity index (χ0) is 15.5. The monoisotopic (exact) mass is 316 g/mol. The summed E-state index contributed by atoms with van der Waals surface area (Å²) in [5.41, 5.74) is 9.83. The molecule has 1 aromatic heterocycles. The number of nitrogen functional groups attached to an aromatic ring is 1. The Morgan fingerprint density at radius 1 is 1.18 bits per heavy atom. The van der Waals surface area contributed by atoms with Crippen molar-refractivity contribution in [2.24, 2.45) is 0 Å². The number of nitrogens with zero attached hydrogens (tertiary/aromatic N) is 3. The SMILES string of the molecule is CSc1nc(-c2cc(N)ccc2C)cc(N2CCOCC2)n1. The Labute approximate surface area is 134 Å². The second-order valence-corrected chi connectivity index (χ2v) is 6.05. The van der Waals surface area contributed by atoms with Crippen molar-refractivity contribution in [1.29, 1.82) is 0 Å². The van der Waals surface area contributed by atoms with Crippen molar-refractivity contribution < 1.29 is 4.74 Å². The maximum Gasteiger partial charge on any atom is 0.189 e. The molecule has 3 rings (SSSR count). The molecular formula is C16H20N4OS. The molecular weight excluding hydrogens is 296 g/mol. The lowest BCUT2D eigenvalue weighted by atomic mass is 10.0. The summed E-state index contributed by atoms with van der Waals surface area (Å²) in [6, 6.07) is 7.97. The minimum Gasteiger partial charge on any atom is -0.399 e. The Kier molecular flexibility index (Phi) is 4.49. The van der Waals surface area contributed by atoms with Crippen LogP contribution >= 0.6 is 11.8 Å². The van der Waals surface area contributed by atoms with Crippen LogP contribution in [0.3, 0.4) is 0 Å². The first kappa shape index (κ1) is 15.1. The summed E-state index contributed by atoms with van der Waals surface area (Å²) in [5.74, 6) is 0.958. The number of hydrogen-bond acceptors (Lipinski definition) is 6. The molecule has 2 heterocycles. The van der Waals surface area contributed by atoms with Gasteiger partial charge in [0.25, 0.3) is 0 Å². The summed E-state index contributed by atoms with van der Waals surface area (Å²) in [4.78, 5) is 11.5. The van der Waals surface area contributed by atoms with Gasteiger partial charge in [0.1, 0.15) is 5.82 Å². The predicted molar refractivity (Wildman–Crippen MR) is 91.4 cm³/mol. The topological polar surface area (TPSA) is 64.3 Å². The van der Waals surface area contributed by atoms with E-state index in [0.717, 1.165) is 59.8 Å². The van der Waals surface area contributed by atoms with Crippen molar-refractivity contribution >= 4 is 23.3 Å². The van der Waals surface area contributed by atoms with Gasteiger partial charge in [-0.3, -0.25) is 0 Å². The van der Waals surface area contributed by atoms with Crippen LogP contribution in [-0.4, -0.2) is 42.5 Å². The predicted octanol–water partition coefficient (Wildman–Crippen LogP) is 2.59. The molecule has 22 heavy (non-hydrogen) atoms. The number of ether oxygens (including phenoxy) is 1. The molecule has 1 fully saturated rings. The molecule has 0 aliphatic carbocycles. The van der Waals surface area contributed by atoms with Gasteiger partial charge in [-0.1, -0.05) is 17.8 Å². The Morgan fingerprint density at radius 2 is 1.95 bits per heavy atom. The second kappa shape index (κ2) is 6.54. The zero-order valence-corrected chi connectivity index (χ0v) is 13.7. The first-order valence-corrected chi connectivity index (χ1v) is 8.52. The van der Waals surface area contributed by atoms with E-state index in [1.54, 1.807) is 11.8 Å². The molecule has 1 aliphatic heterocycles. The third-order valence-corrected chi connectivity index (χ3v) is 4.30. The molecule has 2 aromatic rings. The number of thioether (sulfide) groups is 1. The van der Waals surface area contributed by atoms with Gasteiger partial charge in [0.05, 0.1) is 18.9 Å². The van der Waals surface area contributed by atoms with E-state index in [-0.39, 0.29) is 0 Å². The van der Waals surface area contributed by atoms with Crippen LogP contribution < -0.4 is 10.6 Å². The van der Waals surface area contributed by atoms with Crippen LogP contribution in [0, 0.1) is 6.92 Å². The van der Waals surface area contributed by atoms with Crippen molar-refractivity contribution in [3.8, 4) is 11.3 Å². The fourth-order valence-corrected chi connectivity index (χ4v) is 2.89. The van der Waals surface area contributed by atoms with Crippen molar-refractivity contribution in [3.05, 3.63) is 29.8 Å². The molecule has 2 N–H and O–H groups in total. The fraction of sp³-hybridized carbons (Fsp3) is 0.375. The molecule has 1 saturated heterocycles. The highest BCUT2D eigenvalue weighted by Gasteiger charge is 2.16. The minimum absolute atomic E-state index is 0.741. The third kappa shape index (κ3) is 3.18. The van der Waals surface area contributed by atoms with E-state index < -0.39 is 0 Å². The number of hydrogen-bond donors (Lipinski definition) is 1. The molecule has 0 atom stereocenters. The van der Waals surface area contributed by atoms with Crippen molar-refractivity contribution in [3.63, 3.8) is 0 Å². The average molecular weight is 316 g/mol. The largest absolute Gasteiger partial charge is 0.399 e. The summed E-state index contributed by atoms with van der Waals surface area (Å²) >= 11 is 1.55. The lowest BCUT2D eigenvalue weighted by Gasteiger charge is -2.28. The van der Waals surface area contributed by atoms with E-state index in [1.165, 1.54) is 0 Å². The highest BCUT2D eigenvalue weighted by Crippen LogP contribution is 2.28. The number of benzene rings is 1. The molecule has 0 spiro atoms. The normalized spacial score (nSPS) is 15.1. The van der Waals surface area contributed by atoms with Gasteiger partial charge < -0.3 is 15.4 Å². The number of nitrogens with two attached hydrogens (primary N) is 1. The number of morpholine rings is 1. The maximum absolute atomic E-state index is 5.94. The van der Waals surface area contributed by atoms with Gasteiger partial charge in [-0.25, -0.2) is 9.97 Å². The van der Waals surface area contributed by atoms with E-state index in [4.69, 9.17) is 10.5 Å².